The Morgan fingerprint density at radius 1 is 1.36 bits per heavy atom. The van der Waals surface area contributed by atoms with E-state index in [0.717, 1.165) is 24.8 Å². The van der Waals surface area contributed by atoms with Gasteiger partial charge in [-0.05, 0) is 48.3 Å². The summed E-state index contributed by atoms with van der Waals surface area (Å²) in [5.41, 5.74) is 1.43. The molecule has 0 aliphatic heterocycles. The molecule has 0 atom stereocenters. The monoisotopic (exact) mass is 323 g/mol. The first-order valence-corrected chi connectivity index (χ1v) is 8.29. The summed E-state index contributed by atoms with van der Waals surface area (Å²) in [5, 5.41) is 3.65. The normalized spacial score (nSPS) is 21.1. The van der Waals surface area contributed by atoms with Gasteiger partial charge >= 0.3 is 0 Å². The minimum Gasteiger partial charge on any atom is -0.495 e. The predicted octanol–water partition coefficient (Wildman–Crippen LogP) is 4.08. The molecule has 1 fully saturated rings. The number of carbonyl (C=O) groups is 1. The van der Waals surface area contributed by atoms with Gasteiger partial charge < -0.3 is 10.1 Å². The van der Waals surface area contributed by atoms with Gasteiger partial charge in [-0.15, -0.1) is 0 Å². The van der Waals surface area contributed by atoms with E-state index in [1.807, 2.05) is 18.2 Å². The van der Waals surface area contributed by atoms with E-state index in [1.54, 1.807) is 7.11 Å². The van der Waals surface area contributed by atoms with Gasteiger partial charge in [0.2, 0.25) is 5.91 Å². The van der Waals surface area contributed by atoms with E-state index >= 15 is 0 Å². The maximum absolute atomic E-state index is 12.1. The van der Waals surface area contributed by atoms with Crippen LogP contribution in [0.25, 0.3) is 0 Å². The third kappa shape index (κ3) is 4.16. The van der Waals surface area contributed by atoms with Crippen molar-refractivity contribution in [2.45, 2.75) is 40.0 Å². The third-order valence-electron chi connectivity index (χ3n) is 4.66. The summed E-state index contributed by atoms with van der Waals surface area (Å²) in [5.74, 6) is 1.74. The van der Waals surface area contributed by atoms with Crippen LogP contribution in [-0.4, -0.2) is 19.6 Å². The van der Waals surface area contributed by atoms with E-state index < -0.39 is 0 Å². The van der Waals surface area contributed by atoms with Crippen LogP contribution in [0.5, 0.6) is 5.75 Å². The Labute approximate surface area is 138 Å². The first-order valence-electron chi connectivity index (χ1n) is 7.91. The number of halogens is 1. The molecular formula is C18H26ClNO2. The minimum absolute atomic E-state index is 0.196. The van der Waals surface area contributed by atoms with E-state index in [9.17, 15) is 4.79 Å². The lowest BCUT2D eigenvalue weighted by Crippen LogP contribution is -2.43. The summed E-state index contributed by atoms with van der Waals surface area (Å²) in [6.45, 7) is 7.40. The number of rotatable bonds is 5. The van der Waals surface area contributed by atoms with Crippen LogP contribution < -0.4 is 10.1 Å². The molecule has 1 aromatic rings. The number of hydrogen-bond acceptors (Lipinski definition) is 2. The van der Waals surface area contributed by atoms with E-state index in [0.29, 0.717) is 28.6 Å². The Hall–Kier alpha value is -1.22. The van der Waals surface area contributed by atoms with Crippen molar-refractivity contribution in [3.63, 3.8) is 0 Å². The molecule has 2 rings (SSSR count). The van der Waals surface area contributed by atoms with E-state index in [-0.39, 0.29) is 11.8 Å². The molecule has 3 nitrogen and oxygen atoms in total. The van der Waals surface area contributed by atoms with Gasteiger partial charge in [-0.25, -0.2) is 0 Å². The number of methoxy groups -OCH3 is 1. The van der Waals surface area contributed by atoms with Gasteiger partial charge in [-0.3, -0.25) is 4.79 Å². The molecule has 0 saturated heterocycles. The van der Waals surface area contributed by atoms with Crippen LogP contribution in [0.4, 0.5) is 0 Å². The molecule has 1 aromatic carbocycles. The maximum atomic E-state index is 12.1. The number of carbonyl (C=O) groups excluding carboxylic acids is 1. The lowest BCUT2D eigenvalue weighted by Gasteiger charge is -2.42. The summed E-state index contributed by atoms with van der Waals surface area (Å²) in [6.07, 6.45) is 2.82. The second-order valence-electron chi connectivity index (χ2n) is 7.24. The molecule has 22 heavy (non-hydrogen) atoms. The summed E-state index contributed by atoms with van der Waals surface area (Å²) >= 11 is 6.00. The average Bonchev–Trinajstić information content (AvgIpc) is 2.37. The fourth-order valence-electron chi connectivity index (χ4n) is 2.87. The van der Waals surface area contributed by atoms with E-state index in [4.69, 9.17) is 16.3 Å². The first kappa shape index (κ1) is 17.1. The van der Waals surface area contributed by atoms with Crippen molar-refractivity contribution < 1.29 is 9.53 Å². The van der Waals surface area contributed by atoms with Gasteiger partial charge in [0.1, 0.15) is 5.75 Å². The molecule has 0 bridgehead atoms. The molecular weight excluding hydrogens is 298 g/mol. The fraction of sp³-hybridized carbons (Fsp3) is 0.611. The molecule has 0 unspecified atom stereocenters. The summed E-state index contributed by atoms with van der Waals surface area (Å²) in [4.78, 5) is 12.1. The molecule has 1 aliphatic rings. The lowest BCUT2D eigenvalue weighted by atomic mass is 9.63. The van der Waals surface area contributed by atoms with Gasteiger partial charge in [0, 0.05) is 12.5 Å². The number of nitrogens with one attached hydrogen (secondary N) is 1. The van der Waals surface area contributed by atoms with Crippen molar-refractivity contribution in [3.8, 4) is 5.75 Å². The molecule has 1 saturated carbocycles. The number of benzene rings is 1. The molecule has 1 aliphatic carbocycles. The predicted molar refractivity (Wildman–Crippen MR) is 90.4 cm³/mol. The molecule has 0 heterocycles. The van der Waals surface area contributed by atoms with Gasteiger partial charge in [0.05, 0.1) is 12.1 Å². The van der Waals surface area contributed by atoms with E-state index in [2.05, 4.69) is 26.1 Å². The summed E-state index contributed by atoms with van der Waals surface area (Å²) in [7, 11) is 1.61. The highest BCUT2D eigenvalue weighted by Gasteiger charge is 2.40. The molecule has 1 N–H and O–H groups in total. The van der Waals surface area contributed by atoms with Gasteiger partial charge in [0.15, 0.2) is 0 Å². The Morgan fingerprint density at radius 3 is 2.64 bits per heavy atom. The third-order valence-corrected chi connectivity index (χ3v) is 4.97. The average molecular weight is 324 g/mol. The lowest BCUT2D eigenvalue weighted by molar-refractivity contribution is -0.130. The topological polar surface area (TPSA) is 38.3 Å². The fourth-order valence-corrected chi connectivity index (χ4v) is 3.07. The van der Waals surface area contributed by atoms with Crippen molar-refractivity contribution in [1.29, 1.82) is 0 Å². The quantitative estimate of drug-likeness (QED) is 0.886. The molecule has 0 radical (unpaired) electrons. The highest BCUT2D eigenvalue weighted by molar-refractivity contribution is 6.32. The van der Waals surface area contributed by atoms with Crippen molar-refractivity contribution in [2.24, 2.45) is 17.3 Å². The molecule has 0 spiro atoms. The Kier molecular flexibility index (Phi) is 5.38. The minimum atomic E-state index is 0.196. The number of ether oxygens (including phenoxy) is 1. The summed E-state index contributed by atoms with van der Waals surface area (Å²) < 4.78 is 5.20. The summed E-state index contributed by atoms with van der Waals surface area (Å²) in [6, 6.07) is 5.72. The Morgan fingerprint density at radius 2 is 2.05 bits per heavy atom. The van der Waals surface area contributed by atoms with Crippen LogP contribution in [0.2, 0.25) is 5.02 Å². The van der Waals surface area contributed by atoms with Crippen molar-refractivity contribution in [1.82, 2.24) is 5.32 Å². The number of amides is 1. The Bertz CT molecular complexity index is 530. The second-order valence-corrected chi connectivity index (χ2v) is 7.65. The highest BCUT2D eigenvalue weighted by atomic mass is 35.5. The van der Waals surface area contributed by atoms with Gasteiger partial charge in [-0.1, -0.05) is 38.4 Å². The number of hydrogen-bond donors (Lipinski definition) is 1. The zero-order chi connectivity index (χ0) is 16.3. The zero-order valence-corrected chi connectivity index (χ0v) is 14.7. The molecule has 4 heteroatoms. The van der Waals surface area contributed by atoms with Crippen molar-refractivity contribution in [3.05, 3.63) is 28.8 Å². The van der Waals surface area contributed by atoms with Gasteiger partial charge in [0.25, 0.3) is 0 Å². The standard InChI is InChI=1S/C18H26ClNO2/c1-18(2,3)14-10-13(11-14)17(21)20-8-7-12-5-6-15(19)16(9-12)22-4/h5-6,9,13-14H,7-8,10-11H2,1-4H3,(H,20,21). The largest absolute Gasteiger partial charge is 0.495 e. The Balaban J connectivity index is 1.74. The first-order chi connectivity index (χ1) is 10.3. The van der Waals surface area contributed by atoms with Crippen LogP contribution in [-0.2, 0) is 11.2 Å². The second kappa shape index (κ2) is 6.91. The highest BCUT2D eigenvalue weighted by Crippen LogP contribution is 2.45. The smallest absolute Gasteiger partial charge is 0.223 e. The van der Waals surface area contributed by atoms with Gasteiger partial charge in [-0.2, -0.15) is 0 Å². The van der Waals surface area contributed by atoms with Crippen LogP contribution in [0.15, 0.2) is 18.2 Å². The van der Waals surface area contributed by atoms with Crippen LogP contribution in [0.3, 0.4) is 0 Å². The maximum Gasteiger partial charge on any atom is 0.223 e. The SMILES string of the molecule is COc1cc(CCNC(=O)C2CC(C(C)(C)C)C2)ccc1Cl. The van der Waals surface area contributed by atoms with E-state index in [1.165, 1.54) is 0 Å². The van der Waals surface area contributed by atoms with Crippen LogP contribution in [0, 0.1) is 17.3 Å². The zero-order valence-electron chi connectivity index (χ0n) is 13.9. The molecule has 0 aromatic heterocycles. The van der Waals surface area contributed by atoms with Crippen LogP contribution in [0.1, 0.15) is 39.2 Å². The van der Waals surface area contributed by atoms with Crippen molar-refractivity contribution >= 4 is 17.5 Å². The van der Waals surface area contributed by atoms with Crippen molar-refractivity contribution in [2.75, 3.05) is 13.7 Å². The van der Waals surface area contributed by atoms with Crippen LogP contribution >= 0.6 is 11.6 Å². The molecule has 122 valence electrons. The molecule has 1 amide bonds.